The number of allylic oxidation sites excluding steroid dienone is 3. The maximum Gasteiger partial charge on any atom is 0.258 e. The van der Waals surface area contributed by atoms with Crippen LogP contribution >= 0.6 is 12.6 Å². The van der Waals surface area contributed by atoms with Gasteiger partial charge in [0.25, 0.3) is 5.91 Å². The summed E-state index contributed by atoms with van der Waals surface area (Å²) in [6, 6.07) is 3.93. The number of carbonyl (C=O) groups is 2. The number of rotatable bonds is 8. The molecule has 0 aliphatic carbocycles. The molecule has 1 aromatic rings. The molecule has 1 aromatic carbocycles. The monoisotopic (exact) mass is 454 g/mol. The molecule has 3 rings (SSSR count). The second-order valence-electron chi connectivity index (χ2n) is 8.10. The summed E-state index contributed by atoms with van der Waals surface area (Å²) in [5.74, 6) is -0.333. The third-order valence-corrected chi connectivity index (χ3v) is 6.46. The fourth-order valence-corrected chi connectivity index (χ4v) is 4.04. The van der Waals surface area contributed by atoms with Crippen LogP contribution in [0, 0.1) is 0 Å². The Hall–Kier alpha value is -2.97. The second-order valence-corrected chi connectivity index (χ2v) is 8.92. The van der Waals surface area contributed by atoms with Crippen molar-refractivity contribution in [3.63, 3.8) is 0 Å². The van der Waals surface area contributed by atoms with Gasteiger partial charge in [-0.2, -0.15) is 12.6 Å². The number of fused-ring (bicyclic) bond motifs is 1. The molecule has 2 aliphatic heterocycles. The Morgan fingerprint density at radius 3 is 2.62 bits per heavy atom. The van der Waals surface area contributed by atoms with Crippen LogP contribution in [0.25, 0.3) is 5.57 Å². The van der Waals surface area contributed by atoms with Crippen LogP contribution in [0.15, 0.2) is 54.9 Å². The number of hydrazine groups is 1. The van der Waals surface area contributed by atoms with Crippen molar-refractivity contribution in [1.29, 1.82) is 0 Å². The zero-order chi connectivity index (χ0) is 23.7. The van der Waals surface area contributed by atoms with E-state index >= 15 is 0 Å². The number of thiol groups is 1. The normalized spacial score (nSPS) is 17.4. The number of amides is 2. The molecule has 0 saturated carbocycles. The highest BCUT2D eigenvalue weighted by Crippen LogP contribution is 2.38. The van der Waals surface area contributed by atoms with Gasteiger partial charge in [0.2, 0.25) is 5.91 Å². The summed E-state index contributed by atoms with van der Waals surface area (Å²) in [5, 5.41) is 4.26. The first-order valence-electron chi connectivity index (χ1n) is 10.3. The third kappa shape index (κ3) is 4.33. The molecule has 170 valence electrons. The van der Waals surface area contributed by atoms with Crippen molar-refractivity contribution in [2.24, 2.45) is 5.73 Å². The largest absolute Gasteiger partial charge is 0.496 e. The van der Waals surface area contributed by atoms with Gasteiger partial charge in [0.05, 0.1) is 24.9 Å². The van der Waals surface area contributed by atoms with Gasteiger partial charge < -0.3 is 15.4 Å². The van der Waals surface area contributed by atoms with E-state index in [1.165, 1.54) is 7.11 Å². The fraction of sp³-hybridized carbons (Fsp3) is 0.333. The van der Waals surface area contributed by atoms with E-state index in [1.54, 1.807) is 11.0 Å². The van der Waals surface area contributed by atoms with E-state index in [-0.39, 0.29) is 29.3 Å². The van der Waals surface area contributed by atoms with Gasteiger partial charge in [0, 0.05) is 36.7 Å². The maximum absolute atomic E-state index is 13.1. The zero-order valence-electron chi connectivity index (χ0n) is 19.0. The lowest BCUT2D eigenvalue weighted by molar-refractivity contribution is -0.114. The fourth-order valence-electron chi connectivity index (χ4n) is 3.85. The number of carbonyl (C=O) groups excluding carboxylic acids is 2. The smallest absolute Gasteiger partial charge is 0.258 e. The van der Waals surface area contributed by atoms with E-state index in [0.29, 0.717) is 17.9 Å². The Balaban J connectivity index is 1.94. The average molecular weight is 455 g/mol. The Labute approximate surface area is 194 Å². The van der Waals surface area contributed by atoms with Crippen LogP contribution in [0.5, 0.6) is 5.75 Å². The molecule has 0 radical (unpaired) electrons. The molecule has 0 saturated heterocycles. The van der Waals surface area contributed by atoms with Crippen LogP contribution in [0.3, 0.4) is 0 Å². The molecule has 2 unspecified atom stereocenters. The molecule has 2 heterocycles. The predicted molar refractivity (Wildman–Crippen MR) is 130 cm³/mol. The quantitative estimate of drug-likeness (QED) is 0.466. The highest BCUT2D eigenvalue weighted by atomic mass is 32.1. The molecule has 32 heavy (non-hydrogen) atoms. The number of benzene rings is 1. The van der Waals surface area contributed by atoms with E-state index in [4.69, 9.17) is 10.5 Å². The minimum absolute atomic E-state index is 0.0748. The molecular weight excluding hydrogens is 424 g/mol. The average Bonchev–Trinajstić information content (AvgIpc) is 3.08. The molecule has 2 aliphatic rings. The number of hydrogen-bond acceptors (Lipinski definition) is 6. The maximum atomic E-state index is 13.1. The van der Waals surface area contributed by atoms with Gasteiger partial charge in [-0.05, 0) is 41.8 Å². The van der Waals surface area contributed by atoms with Gasteiger partial charge in [-0.1, -0.05) is 26.1 Å². The molecule has 2 N–H and O–H groups in total. The van der Waals surface area contributed by atoms with Crippen molar-refractivity contribution in [3.8, 4) is 5.75 Å². The molecule has 0 spiro atoms. The summed E-state index contributed by atoms with van der Waals surface area (Å²) in [4.78, 5) is 26.1. The van der Waals surface area contributed by atoms with Crippen LogP contribution in [0.2, 0.25) is 0 Å². The molecule has 0 fully saturated rings. The van der Waals surface area contributed by atoms with E-state index in [0.717, 1.165) is 22.4 Å². The van der Waals surface area contributed by atoms with E-state index in [2.05, 4.69) is 44.6 Å². The van der Waals surface area contributed by atoms with Gasteiger partial charge in [-0.3, -0.25) is 14.6 Å². The number of nitrogens with zero attached hydrogens (tertiary/aromatic N) is 3. The number of methoxy groups -OCH3 is 1. The van der Waals surface area contributed by atoms with E-state index < -0.39 is 5.91 Å². The highest BCUT2D eigenvalue weighted by molar-refractivity contribution is 7.81. The number of ether oxygens (including phenoxy) is 1. The second kappa shape index (κ2) is 9.26. The van der Waals surface area contributed by atoms with Crippen molar-refractivity contribution in [2.45, 2.75) is 31.7 Å². The zero-order valence-corrected chi connectivity index (χ0v) is 19.9. The first-order chi connectivity index (χ1) is 15.1. The molecule has 2 amide bonds. The minimum atomic E-state index is -0.621. The van der Waals surface area contributed by atoms with Gasteiger partial charge in [-0.25, -0.2) is 5.01 Å². The molecular formula is C24H30N4O3S. The van der Waals surface area contributed by atoms with Crippen LogP contribution in [-0.4, -0.2) is 58.7 Å². The van der Waals surface area contributed by atoms with Gasteiger partial charge in [-0.15, -0.1) is 0 Å². The lowest BCUT2D eigenvalue weighted by atomic mass is 9.94. The lowest BCUT2D eigenvalue weighted by Crippen LogP contribution is -2.44. The van der Waals surface area contributed by atoms with Crippen molar-refractivity contribution < 1.29 is 14.3 Å². The first kappa shape index (κ1) is 23.7. The van der Waals surface area contributed by atoms with Crippen molar-refractivity contribution in [2.75, 3.05) is 20.7 Å². The SMILES string of the molecule is C=C(CN1Cc2c(C3=CC(=C)N(N(C)C(C)C(C)S)C=C3)ccc(OC)c2C1=O)C(N)=O. The van der Waals surface area contributed by atoms with Crippen molar-refractivity contribution in [3.05, 3.63) is 71.6 Å². The van der Waals surface area contributed by atoms with E-state index in [1.807, 2.05) is 36.5 Å². The highest BCUT2D eigenvalue weighted by Gasteiger charge is 2.34. The lowest BCUT2D eigenvalue weighted by Gasteiger charge is -2.38. The standard InChI is InChI=1S/C24H30N4O3S/c1-14(23(25)29)12-27-13-20-19(7-8-21(31-6)22(20)24(27)30)18-9-10-28(15(2)11-18)26(5)16(3)17(4)32/h7-11,16-17,32H,1-2,12-13H2,3-6H3,(H2,25,29). The van der Waals surface area contributed by atoms with Crippen LogP contribution in [0.4, 0.5) is 0 Å². The molecule has 0 aromatic heterocycles. The topological polar surface area (TPSA) is 79.1 Å². The molecule has 0 bridgehead atoms. The summed E-state index contributed by atoms with van der Waals surface area (Å²) in [6.07, 6.45) is 5.95. The Morgan fingerprint density at radius 1 is 1.38 bits per heavy atom. The first-order valence-corrected chi connectivity index (χ1v) is 10.8. The van der Waals surface area contributed by atoms with Crippen LogP contribution in [-0.2, 0) is 11.3 Å². The predicted octanol–water partition coefficient (Wildman–Crippen LogP) is 2.97. The number of nitrogens with two attached hydrogens (primary N) is 1. The molecule has 8 heteroatoms. The Kier molecular flexibility index (Phi) is 6.85. The summed E-state index contributed by atoms with van der Waals surface area (Å²) in [6.45, 7) is 12.5. The Morgan fingerprint density at radius 2 is 2.06 bits per heavy atom. The summed E-state index contributed by atoms with van der Waals surface area (Å²) in [7, 11) is 3.53. The number of primary amides is 1. The summed E-state index contributed by atoms with van der Waals surface area (Å²) in [5.41, 5.74) is 9.50. The minimum Gasteiger partial charge on any atom is -0.496 e. The van der Waals surface area contributed by atoms with Gasteiger partial charge in [0.1, 0.15) is 5.75 Å². The summed E-state index contributed by atoms with van der Waals surface area (Å²) >= 11 is 4.55. The van der Waals surface area contributed by atoms with Crippen molar-refractivity contribution >= 4 is 30.0 Å². The van der Waals surface area contributed by atoms with Gasteiger partial charge >= 0.3 is 0 Å². The van der Waals surface area contributed by atoms with Crippen LogP contribution in [0.1, 0.15) is 35.3 Å². The Bertz CT molecular complexity index is 1040. The molecule has 2 atom stereocenters. The van der Waals surface area contributed by atoms with Crippen molar-refractivity contribution in [1.82, 2.24) is 14.9 Å². The van der Waals surface area contributed by atoms with Gasteiger partial charge in [0.15, 0.2) is 0 Å². The number of hydrogen-bond donors (Lipinski definition) is 2. The molecule has 7 nitrogen and oxygen atoms in total. The third-order valence-electron chi connectivity index (χ3n) is 6.02. The summed E-state index contributed by atoms with van der Waals surface area (Å²) < 4.78 is 5.45. The van der Waals surface area contributed by atoms with Crippen LogP contribution < -0.4 is 10.5 Å². The van der Waals surface area contributed by atoms with E-state index in [9.17, 15) is 9.59 Å².